The largest absolute Gasteiger partial charge is 0.463 e. The molecule has 3 amide bonds. The lowest BCUT2D eigenvalue weighted by molar-refractivity contribution is -0.151. The quantitative estimate of drug-likeness (QED) is 0.431. The lowest BCUT2D eigenvalue weighted by Gasteiger charge is -2.41. The fourth-order valence-corrected chi connectivity index (χ4v) is 6.36. The number of hydrogen-bond donors (Lipinski definition) is 2. The van der Waals surface area contributed by atoms with Crippen molar-refractivity contribution in [3.05, 3.63) is 60.2 Å². The number of cyclic esters (lactones) is 1. The van der Waals surface area contributed by atoms with Crippen LogP contribution in [0, 0.1) is 11.8 Å². The molecule has 5 bridgehead atoms. The second-order valence-corrected chi connectivity index (χ2v) is 11.7. The first kappa shape index (κ1) is 28.0. The molecule has 0 radical (unpaired) electrons. The average molecular weight is 552 g/mol. The van der Waals surface area contributed by atoms with Crippen molar-refractivity contribution in [1.82, 2.24) is 15.1 Å². The summed E-state index contributed by atoms with van der Waals surface area (Å²) >= 11 is 0. The number of benzene rings is 1. The zero-order valence-corrected chi connectivity index (χ0v) is 23.1. The number of β-amino-alcohol motifs (C(OH)–C–C–N with tert-alkyl or cyclic N) is 1. The first-order valence-corrected chi connectivity index (χ1v) is 13.8. The van der Waals surface area contributed by atoms with Crippen molar-refractivity contribution in [3.8, 4) is 0 Å². The van der Waals surface area contributed by atoms with Crippen LogP contribution in [0.3, 0.4) is 0 Å². The third kappa shape index (κ3) is 4.83. The molecule has 1 aromatic rings. The number of carbonyl (C=O) groups excluding carboxylic acids is 4. The van der Waals surface area contributed by atoms with Gasteiger partial charge in [-0.15, -0.1) is 0 Å². The number of aliphatic hydroxyl groups excluding tert-OH is 1. The predicted molar refractivity (Wildman–Crippen MR) is 144 cm³/mol. The number of ether oxygens (including phenoxy) is 2. The highest BCUT2D eigenvalue weighted by Gasteiger charge is 2.73. The van der Waals surface area contributed by atoms with E-state index in [9.17, 15) is 24.3 Å². The molecule has 0 aliphatic carbocycles. The van der Waals surface area contributed by atoms with Crippen molar-refractivity contribution in [2.45, 2.75) is 62.9 Å². The van der Waals surface area contributed by atoms with Crippen LogP contribution in [-0.4, -0.2) is 88.2 Å². The van der Waals surface area contributed by atoms with Gasteiger partial charge in [0.2, 0.25) is 17.7 Å². The molecule has 2 N–H and O–H groups in total. The fraction of sp³-hybridized carbons (Fsp3) is 0.533. The SMILES string of the molecule is CC(C)(C)N1C/C=C\CCC(=O)OC[C@@H](c2ccccc2)NC(=O)[C@@H]2[C@@H]3C=C[C@]4(O3)[C@H](C1=O)N(CCO)C(=O)[C@@H]24. The van der Waals surface area contributed by atoms with Crippen LogP contribution in [0.4, 0.5) is 0 Å². The molecule has 2 fully saturated rings. The van der Waals surface area contributed by atoms with E-state index in [1.807, 2.05) is 63.3 Å². The minimum absolute atomic E-state index is 0.0554. The van der Waals surface area contributed by atoms with E-state index in [0.717, 1.165) is 5.56 Å². The van der Waals surface area contributed by atoms with Gasteiger partial charge in [0.05, 0.1) is 30.6 Å². The Morgan fingerprint density at radius 3 is 2.52 bits per heavy atom. The zero-order chi connectivity index (χ0) is 28.7. The predicted octanol–water partition coefficient (Wildman–Crippen LogP) is 1.51. The maximum absolute atomic E-state index is 14.3. The molecule has 10 nitrogen and oxygen atoms in total. The number of nitrogens with zero attached hydrogens (tertiary/aromatic N) is 2. The van der Waals surface area contributed by atoms with E-state index in [2.05, 4.69) is 5.32 Å². The first-order chi connectivity index (χ1) is 19.1. The summed E-state index contributed by atoms with van der Waals surface area (Å²) in [4.78, 5) is 57.7. The summed E-state index contributed by atoms with van der Waals surface area (Å²) in [7, 11) is 0. The van der Waals surface area contributed by atoms with Crippen LogP contribution in [0.25, 0.3) is 0 Å². The van der Waals surface area contributed by atoms with Crippen LogP contribution in [-0.2, 0) is 28.7 Å². The molecule has 214 valence electrons. The Labute approximate surface area is 234 Å². The van der Waals surface area contributed by atoms with E-state index in [4.69, 9.17) is 9.47 Å². The molecule has 2 saturated heterocycles. The van der Waals surface area contributed by atoms with Gasteiger partial charge in [-0.05, 0) is 32.8 Å². The Kier molecular flexibility index (Phi) is 7.58. The van der Waals surface area contributed by atoms with Gasteiger partial charge in [0.25, 0.3) is 0 Å². The molecule has 1 spiro atoms. The Balaban J connectivity index is 1.57. The number of rotatable bonds is 3. The Hall–Kier alpha value is -3.50. The number of amides is 3. The van der Waals surface area contributed by atoms with Crippen molar-refractivity contribution >= 4 is 23.7 Å². The summed E-state index contributed by atoms with van der Waals surface area (Å²) in [6.45, 7) is 5.52. The number of fused-ring (bicyclic) bond motifs is 2. The fourth-order valence-electron chi connectivity index (χ4n) is 6.36. The molecule has 6 atom stereocenters. The summed E-state index contributed by atoms with van der Waals surface area (Å²) in [5.41, 5.74) is -1.18. The Morgan fingerprint density at radius 2 is 1.82 bits per heavy atom. The number of likely N-dealkylation sites (tertiary alicyclic amines) is 1. The second-order valence-electron chi connectivity index (χ2n) is 11.7. The van der Waals surface area contributed by atoms with Crippen molar-refractivity contribution in [2.75, 3.05) is 26.3 Å². The molecule has 4 aliphatic heterocycles. The Bertz CT molecular complexity index is 1220. The Morgan fingerprint density at radius 1 is 1.07 bits per heavy atom. The van der Waals surface area contributed by atoms with Crippen molar-refractivity contribution in [2.24, 2.45) is 11.8 Å². The number of aliphatic hydroxyl groups is 1. The van der Waals surface area contributed by atoms with Gasteiger partial charge in [0, 0.05) is 25.0 Å². The molecular formula is C30H37N3O7. The van der Waals surface area contributed by atoms with Crippen LogP contribution in [0.1, 0.15) is 45.2 Å². The van der Waals surface area contributed by atoms with E-state index in [1.165, 1.54) is 4.90 Å². The summed E-state index contributed by atoms with van der Waals surface area (Å²) in [5, 5.41) is 12.8. The topological polar surface area (TPSA) is 125 Å². The van der Waals surface area contributed by atoms with E-state index < -0.39 is 58.9 Å². The summed E-state index contributed by atoms with van der Waals surface area (Å²) in [6, 6.07) is 7.52. The van der Waals surface area contributed by atoms with Gasteiger partial charge in [-0.3, -0.25) is 19.2 Å². The second kappa shape index (κ2) is 10.8. The van der Waals surface area contributed by atoms with Gasteiger partial charge in [0.1, 0.15) is 18.2 Å². The monoisotopic (exact) mass is 551 g/mol. The van der Waals surface area contributed by atoms with Gasteiger partial charge < -0.3 is 29.7 Å². The lowest BCUT2D eigenvalue weighted by atomic mass is 9.74. The standard InChI is InChI=1S/C30H37N3O7/c1-29(2,3)33-15-9-5-8-12-22(35)39-18-20(19-10-6-4-7-11-19)31-26(36)23-21-13-14-30(40-21)24(23)27(37)32(16-17-34)25(30)28(33)38/h4-7,9-11,13-14,20-21,23-25,34H,8,12,15-18H2,1-3H3,(H,31,36)/b9-5-/t20-,21-,23+,24+,25-,30+/m0/s1. The average Bonchev–Trinajstić information content (AvgIpc) is 3.55. The number of allylic oxidation sites excluding steroid dienone is 1. The minimum atomic E-state index is -1.33. The molecule has 40 heavy (non-hydrogen) atoms. The zero-order valence-electron chi connectivity index (χ0n) is 23.1. The van der Waals surface area contributed by atoms with E-state index >= 15 is 0 Å². The lowest BCUT2D eigenvalue weighted by Crippen LogP contribution is -2.59. The van der Waals surface area contributed by atoms with Crippen LogP contribution in [0.2, 0.25) is 0 Å². The molecule has 0 saturated carbocycles. The van der Waals surface area contributed by atoms with Crippen molar-refractivity contribution in [1.29, 1.82) is 0 Å². The normalized spacial score (nSPS) is 33.6. The van der Waals surface area contributed by atoms with Gasteiger partial charge in [0.15, 0.2) is 0 Å². The minimum Gasteiger partial charge on any atom is -0.463 e. The van der Waals surface area contributed by atoms with Gasteiger partial charge in [-0.25, -0.2) is 0 Å². The summed E-state index contributed by atoms with van der Waals surface area (Å²) < 4.78 is 11.9. The van der Waals surface area contributed by atoms with Gasteiger partial charge in [-0.2, -0.15) is 0 Å². The highest BCUT2D eigenvalue weighted by atomic mass is 16.5. The number of carbonyl (C=O) groups is 4. The third-order valence-corrected chi connectivity index (χ3v) is 8.23. The molecule has 10 heteroatoms. The summed E-state index contributed by atoms with van der Waals surface area (Å²) in [5.74, 6) is -3.36. The van der Waals surface area contributed by atoms with Crippen LogP contribution in [0.15, 0.2) is 54.6 Å². The molecule has 4 heterocycles. The number of esters is 1. The van der Waals surface area contributed by atoms with Gasteiger partial charge >= 0.3 is 5.97 Å². The van der Waals surface area contributed by atoms with E-state index in [-0.39, 0.29) is 38.6 Å². The van der Waals surface area contributed by atoms with Crippen molar-refractivity contribution < 1.29 is 33.8 Å². The maximum atomic E-state index is 14.3. The molecule has 0 aromatic heterocycles. The van der Waals surface area contributed by atoms with Gasteiger partial charge in [-0.1, -0.05) is 54.6 Å². The molecule has 0 unspecified atom stereocenters. The van der Waals surface area contributed by atoms with Crippen molar-refractivity contribution in [3.63, 3.8) is 0 Å². The highest BCUT2D eigenvalue weighted by molar-refractivity contribution is 6.00. The number of hydrogen-bond acceptors (Lipinski definition) is 7. The van der Waals surface area contributed by atoms with Crippen LogP contribution < -0.4 is 5.32 Å². The van der Waals surface area contributed by atoms with E-state index in [1.54, 1.807) is 17.1 Å². The van der Waals surface area contributed by atoms with Crippen LogP contribution >= 0.6 is 0 Å². The molecule has 1 aromatic carbocycles. The van der Waals surface area contributed by atoms with E-state index in [0.29, 0.717) is 6.42 Å². The molecule has 4 aliphatic rings. The molecular weight excluding hydrogens is 514 g/mol. The highest BCUT2D eigenvalue weighted by Crippen LogP contribution is 2.55. The van der Waals surface area contributed by atoms with Crippen LogP contribution in [0.5, 0.6) is 0 Å². The summed E-state index contributed by atoms with van der Waals surface area (Å²) in [6.07, 6.45) is 7.07. The smallest absolute Gasteiger partial charge is 0.306 e. The molecule has 5 rings (SSSR count). The third-order valence-electron chi connectivity index (χ3n) is 8.23. The number of nitrogens with one attached hydrogen (secondary N) is 1. The first-order valence-electron chi connectivity index (χ1n) is 13.8. The maximum Gasteiger partial charge on any atom is 0.306 e.